The standard InChI is InChI=1S/C6H6.CH2O3/c1-3-5-6-4-2;2-1(3)4/h3-4H,1-2H2;(H2,2,3,4). The first-order chi connectivity index (χ1) is 4.65. The Morgan fingerprint density at radius 3 is 1.50 bits per heavy atom. The molecule has 0 amide bonds. The summed E-state index contributed by atoms with van der Waals surface area (Å²) in [6, 6.07) is 0. The number of allylic oxidation sites excluding steroid dienone is 2. The first-order valence-electron chi connectivity index (χ1n) is 2.30. The van der Waals surface area contributed by atoms with Crippen molar-refractivity contribution in [2.75, 3.05) is 0 Å². The lowest BCUT2D eigenvalue weighted by atomic mass is 10.5. The lowest BCUT2D eigenvalue weighted by molar-refractivity contribution is 0.137. The van der Waals surface area contributed by atoms with Gasteiger partial charge in [-0.25, -0.2) is 4.79 Å². The Hall–Kier alpha value is -1.69. The average Bonchev–Trinajstić information content (AvgIpc) is 1.82. The van der Waals surface area contributed by atoms with Crippen molar-refractivity contribution in [1.82, 2.24) is 0 Å². The highest BCUT2D eigenvalue weighted by Gasteiger charge is 1.70. The molecule has 0 saturated heterocycles. The van der Waals surface area contributed by atoms with Gasteiger partial charge in [0.05, 0.1) is 0 Å². The van der Waals surface area contributed by atoms with E-state index in [9.17, 15) is 0 Å². The fraction of sp³-hybridized carbons (Fsp3) is 0. The Morgan fingerprint density at radius 1 is 1.20 bits per heavy atom. The molecule has 0 aliphatic heterocycles. The van der Waals surface area contributed by atoms with Crippen molar-refractivity contribution in [3.63, 3.8) is 0 Å². The number of rotatable bonds is 0. The molecule has 0 bridgehead atoms. The Bertz CT molecular complexity index is 155. The monoisotopic (exact) mass is 140 g/mol. The zero-order valence-electron chi connectivity index (χ0n) is 5.37. The minimum Gasteiger partial charge on any atom is -0.450 e. The molecule has 0 unspecified atom stereocenters. The zero-order chi connectivity index (χ0) is 8.41. The Kier molecular flexibility index (Phi) is 11.5. The van der Waals surface area contributed by atoms with E-state index >= 15 is 0 Å². The normalized spacial score (nSPS) is 5.20. The van der Waals surface area contributed by atoms with Crippen LogP contribution in [0.25, 0.3) is 0 Å². The van der Waals surface area contributed by atoms with Gasteiger partial charge in [0.25, 0.3) is 0 Å². The summed E-state index contributed by atoms with van der Waals surface area (Å²) in [5.41, 5.74) is 0. The Morgan fingerprint density at radius 2 is 1.40 bits per heavy atom. The molecule has 3 nitrogen and oxygen atoms in total. The maximum absolute atomic E-state index is 8.56. The van der Waals surface area contributed by atoms with E-state index in [-0.39, 0.29) is 0 Å². The van der Waals surface area contributed by atoms with Gasteiger partial charge in [0, 0.05) is 0 Å². The lowest BCUT2D eigenvalue weighted by Crippen LogP contribution is -1.81. The van der Waals surface area contributed by atoms with Crippen LogP contribution in [0.15, 0.2) is 25.3 Å². The molecule has 0 aromatic heterocycles. The summed E-state index contributed by atoms with van der Waals surface area (Å²) in [4.78, 5) is 8.56. The van der Waals surface area contributed by atoms with Gasteiger partial charge in [-0.1, -0.05) is 25.0 Å². The smallest absolute Gasteiger partial charge is 0.450 e. The third kappa shape index (κ3) is 104. The Labute approximate surface area is 59.3 Å². The molecule has 0 heterocycles. The fourth-order valence-electron chi connectivity index (χ4n) is 0.118. The highest BCUT2D eigenvalue weighted by molar-refractivity contribution is 5.53. The fourth-order valence-corrected chi connectivity index (χ4v) is 0.118. The summed E-state index contributed by atoms with van der Waals surface area (Å²) in [6.07, 6.45) is 1.23. The van der Waals surface area contributed by atoms with Gasteiger partial charge >= 0.3 is 6.16 Å². The van der Waals surface area contributed by atoms with Crippen molar-refractivity contribution in [3.8, 4) is 11.8 Å². The second kappa shape index (κ2) is 10.3. The molecule has 54 valence electrons. The molecule has 0 fully saturated rings. The van der Waals surface area contributed by atoms with Crippen LogP contribution in [0.4, 0.5) is 4.79 Å². The molecular weight excluding hydrogens is 132 g/mol. The van der Waals surface area contributed by atoms with E-state index in [1.807, 2.05) is 0 Å². The summed E-state index contributed by atoms with van der Waals surface area (Å²) in [6.45, 7) is 6.75. The quantitative estimate of drug-likeness (QED) is 0.502. The first-order valence-corrected chi connectivity index (χ1v) is 2.30. The van der Waals surface area contributed by atoms with E-state index in [0.717, 1.165) is 0 Å². The third-order valence-corrected chi connectivity index (χ3v) is 0.287. The van der Waals surface area contributed by atoms with E-state index in [0.29, 0.717) is 0 Å². The van der Waals surface area contributed by atoms with Gasteiger partial charge in [0.15, 0.2) is 0 Å². The molecule has 0 spiro atoms. The number of carboxylic acid groups (broad SMARTS) is 2. The molecule has 3 heteroatoms. The lowest BCUT2D eigenvalue weighted by Gasteiger charge is -1.60. The molecule has 0 radical (unpaired) electrons. The van der Waals surface area contributed by atoms with Crippen LogP contribution in [0.2, 0.25) is 0 Å². The second-order valence-electron chi connectivity index (χ2n) is 0.979. The molecule has 0 aliphatic carbocycles. The molecule has 0 atom stereocenters. The first kappa shape index (κ1) is 11.2. The molecule has 10 heavy (non-hydrogen) atoms. The van der Waals surface area contributed by atoms with Crippen LogP contribution in [0, 0.1) is 11.8 Å². The summed E-state index contributed by atoms with van der Waals surface area (Å²) in [5, 5.41) is 13.9. The highest BCUT2D eigenvalue weighted by atomic mass is 16.6. The molecule has 0 rings (SSSR count). The second-order valence-corrected chi connectivity index (χ2v) is 0.979. The van der Waals surface area contributed by atoms with Crippen LogP contribution in [-0.4, -0.2) is 16.4 Å². The van der Waals surface area contributed by atoms with Gasteiger partial charge in [-0.05, 0) is 12.2 Å². The topological polar surface area (TPSA) is 57.5 Å². The third-order valence-electron chi connectivity index (χ3n) is 0.287. The van der Waals surface area contributed by atoms with Gasteiger partial charge < -0.3 is 10.2 Å². The van der Waals surface area contributed by atoms with Crippen molar-refractivity contribution in [3.05, 3.63) is 25.3 Å². The van der Waals surface area contributed by atoms with E-state index in [4.69, 9.17) is 15.0 Å². The van der Waals surface area contributed by atoms with Crippen molar-refractivity contribution in [2.45, 2.75) is 0 Å². The van der Waals surface area contributed by atoms with Crippen molar-refractivity contribution >= 4 is 6.16 Å². The maximum Gasteiger partial charge on any atom is 0.503 e. The predicted octanol–water partition coefficient (Wildman–Crippen LogP) is 1.58. The predicted molar refractivity (Wildman–Crippen MR) is 38.8 cm³/mol. The van der Waals surface area contributed by atoms with Crippen LogP contribution < -0.4 is 0 Å². The largest absolute Gasteiger partial charge is 0.503 e. The van der Waals surface area contributed by atoms with Crippen LogP contribution in [0.1, 0.15) is 0 Å². The Balaban J connectivity index is 0. The number of hydrogen-bond acceptors (Lipinski definition) is 1. The highest BCUT2D eigenvalue weighted by Crippen LogP contribution is 1.55. The maximum atomic E-state index is 8.56. The summed E-state index contributed by atoms with van der Waals surface area (Å²) in [5.74, 6) is 5.19. The molecule has 2 N–H and O–H groups in total. The van der Waals surface area contributed by atoms with Crippen LogP contribution >= 0.6 is 0 Å². The molecule has 0 aromatic rings. The number of hydrogen-bond donors (Lipinski definition) is 2. The van der Waals surface area contributed by atoms with E-state index in [1.54, 1.807) is 0 Å². The van der Waals surface area contributed by atoms with Gasteiger partial charge in [0.1, 0.15) is 0 Å². The summed E-state index contributed by atoms with van der Waals surface area (Å²) in [7, 11) is 0. The molecular formula is C7H8O3. The molecule has 0 aliphatic rings. The van der Waals surface area contributed by atoms with Crippen LogP contribution in [0.5, 0.6) is 0 Å². The van der Waals surface area contributed by atoms with Crippen LogP contribution in [0.3, 0.4) is 0 Å². The number of carbonyl (C=O) groups is 1. The minimum atomic E-state index is -1.83. The molecule has 0 saturated carbocycles. The van der Waals surface area contributed by atoms with Gasteiger partial charge in [-0.2, -0.15) is 0 Å². The van der Waals surface area contributed by atoms with E-state index < -0.39 is 6.16 Å². The SMILES string of the molecule is C=CC#CC=C.O=C(O)O. The average molecular weight is 140 g/mol. The molecule has 0 aromatic carbocycles. The van der Waals surface area contributed by atoms with Crippen molar-refractivity contribution in [1.29, 1.82) is 0 Å². The van der Waals surface area contributed by atoms with Gasteiger partial charge in [-0.15, -0.1) is 0 Å². The summed E-state index contributed by atoms with van der Waals surface area (Å²) >= 11 is 0. The van der Waals surface area contributed by atoms with Gasteiger partial charge in [0.2, 0.25) is 0 Å². The van der Waals surface area contributed by atoms with Crippen molar-refractivity contribution < 1.29 is 15.0 Å². The minimum absolute atomic E-state index is 1.53. The van der Waals surface area contributed by atoms with Crippen molar-refractivity contribution in [2.24, 2.45) is 0 Å². The summed E-state index contributed by atoms with van der Waals surface area (Å²) < 4.78 is 0. The van der Waals surface area contributed by atoms with E-state index in [1.165, 1.54) is 12.2 Å². The van der Waals surface area contributed by atoms with Crippen LogP contribution in [-0.2, 0) is 0 Å². The van der Waals surface area contributed by atoms with Gasteiger partial charge in [-0.3, -0.25) is 0 Å². The van der Waals surface area contributed by atoms with E-state index in [2.05, 4.69) is 25.0 Å². The zero-order valence-corrected chi connectivity index (χ0v) is 5.37.